The molecule has 2 rings (SSSR count). The minimum absolute atomic E-state index is 0.541. The molecule has 74 valence electrons. The Balaban J connectivity index is 2.76. The SMILES string of the molecule is Cc1c(C(C)C)ccc2c1nnn2I. The van der Waals surface area contributed by atoms with Gasteiger partial charge in [-0.2, -0.15) is 2.90 Å². The summed E-state index contributed by atoms with van der Waals surface area (Å²) in [6.45, 7) is 6.51. The highest BCUT2D eigenvalue weighted by Gasteiger charge is 2.10. The second-order valence-electron chi connectivity index (χ2n) is 3.75. The Morgan fingerprint density at radius 1 is 1.36 bits per heavy atom. The highest BCUT2D eigenvalue weighted by atomic mass is 127. The van der Waals surface area contributed by atoms with Gasteiger partial charge in [-0.25, -0.2) is 0 Å². The average molecular weight is 301 g/mol. The molecule has 0 amide bonds. The lowest BCUT2D eigenvalue weighted by Gasteiger charge is -2.08. The summed E-state index contributed by atoms with van der Waals surface area (Å²) in [5.74, 6) is 0.541. The number of rotatable bonds is 1. The summed E-state index contributed by atoms with van der Waals surface area (Å²) in [6.07, 6.45) is 0. The van der Waals surface area contributed by atoms with Crippen LogP contribution in [-0.4, -0.2) is 13.2 Å². The number of halogens is 1. The van der Waals surface area contributed by atoms with Crippen molar-refractivity contribution < 1.29 is 0 Å². The van der Waals surface area contributed by atoms with Gasteiger partial charge in [-0.3, -0.25) is 0 Å². The third kappa shape index (κ3) is 1.41. The fourth-order valence-corrected chi connectivity index (χ4v) is 2.22. The quantitative estimate of drug-likeness (QED) is 0.758. The first-order chi connectivity index (χ1) is 6.61. The summed E-state index contributed by atoms with van der Waals surface area (Å²) in [5.41, 5.74) is 4.72. The fraction of sp³-hybridized carbons (Fsp3) is 0.400. The van der Waals surface area contributed by atoms with Crippen molar-refractivity contribution >= 4 is 33.9 Å². The topological polar surface area (TPSA) is 30.7 Å². The molecule has 1 aromatic carbocycles. The number of hydrogen-bond acceptors (Lipinski definition) is 2. The molecular weight excluding hydrogens is 289 g/mol. The molecular formula is C10H12IN3. The first-order valence-electron chi connectivity index (χ1n) is 4.62. The molecule has 0 bridgehead atoms. The highest BCUT2D eigenvalue weighted by Crippen LogP contribution is 2.25. The van der Waals surface area contributed by atoms with Gasteiger partial charge in [-0.15, -0.1) is 5.10 Å². The van der Waals surface area contributed by atoms with E-state index in [0.29, 0.717) is 5.92 Å². The van der Waals surface area contributed by atoms with Gasteiger partial charge in [0.1, 0.15) is 11.0 Å². The molecule has 0 aliphatic heterocycles. The zero-order valence-corrected chi connectivity index (χ0v) is 10.6. The molecule has 0 atom stereocenters. The minimum atomic E-state index is 0.541. The summed E-state index contributed by atoms with van der Waals surface area (Å²) in [7, 11) is 0. The number of aryl methyl sites for hydroxylation is 1. The van der Waals surface area contributed by atoms with Crippen LogP contribution in [0, 0.1) is 6.92 Å². The summed E-state index contributed by atoms with van der Waals surface area (Å²) in [5, 5.41) is 8.18. The maximum Gasteiger partial charge on any atom is 0.117 e. The Kier molecular flexibility index (Phi) is 2.47. The van der Waals surface area contributed by atoms with E-state index in [0.717, 1.165) is 11.0 Å². The summed E-state index contributed by atoms with van der Waals surface area (Å²) in [6, 6.07) is 4.25. The van der Waals surface area contributed by atoms with E-state index in [1.54, 1.807) is 2.90 Å². The molecule has 0 radical (unpaired) electrons. The van der Waals surface area contributed by atoms with Gasteiger partial charge in [-0.1, -0.05) is 25.1 Å². The van der Waals surface area contributed by atoms with Gasteiger partial charge in [0, 0.05) is 0 Å². The fourth-order valence-electron chi connectivity index (χ4n) is 1.73. The molecule has 4 heteroatoms. The molecule has 0 aliphatic carbocycles. The minimum Gasteiger partial charge on any atom is -0.184 e. The van der Waals surface area contributed by atoms with Crippen molar-refractivity contribution in [2.24, 2.45) is 0 Å². The van der Waals surface area contributed by atoms with Gasteiger partial charge >= 0.3 is 0 Å². The highest BCUT2D eigenvalue weighted by molar-refractivity contribution is 14.1. The van der Waals surface area contributed by atoms with E-state index >= 15 is 0 Å². The molecule has 0 unspecified atom stereocenters. The number of nitrogens with zero attached hydrogens (tertiary/aromatic N) is 3. The van der Waals surface area contributed by atoms with Crippen molar-refractivity contribution in [2.45, 2.75) is 26.7 Å². The molecule has 14 heavy (non-hydrogen) atoms. The molecule has 0 saturated carbocycles. The third-order valence-electron chi connectivity index (χ3n) is 2.50. The molecule has 2 aromatic rings. The average Bonchev–Trinajstić information content (AvgIpc) is 2.49. The van der Waals surface area contributed by atoms with E-state index in [4.69, 9.17) is 0 Å². The molecule has 0 saturated heterocycles. The number of aromatic nitrogens is 3. The predicted molar refractivity (Wildman–Crippen MR) is 65.8 cm³/mol. The van der Waals surface area contributed by atoms with E-state index in [1.807, 2.05) is 0 Å². The van der Waals surface area contributed by atoms with Crippen molar-refractivity contribution in [1.82, 2.24) is 13.2 Å². The van der Waals surface area contributed by atoms with Crippen LogP contribution in [0.5, 0.6) is 0 Å². The molecule has 0 spiro atoms. The maximum absolute atomic E-state index is 4.17. The summed E-state index contributed by atoms with van der Waals surface area (Å²) < 4.78 is 1.78. The lowest BCUT2D eigenvalue weighted by atomic mass is 9.97. The summed E-state index contributed by atoms with van der Waals surface area (Å²) >= 11 is 2.14. The van der Waals surface area contributed by atoms with Crippen LogP contribution in [-0.2, 0) is 0 Å². The van der Waals surface area contributed by atoms with Crippen LogP contribution in [0.3, 0.4) is 0 Å². The van der Waals surface area contributed by atoms with E-state index < -0.39 is 0 Å². The molecule has 1 aromatic heterocycles. The van der Waals surface area contributed by atoms with Crippen molar-refractivity contribution in [1.29, 1.82) is 0 Å². The van der Waals surface area contributed by atoms with Crippen LogP contribution in [0.25, 0.3) is 11.0 Å². The van der Waals surface area contributed by atoms with E-state index in [-0.39, 0.29) is 0 Å². The van der Waals surface area contributed by atoms with Gasteiger partial charge < -0.3 is 0 Å². The van der Waals surface area contributed by atoms with Gasteiger partial charge in [0.05, 0.1) is 22.9 Å². The van der Waals surface area contributed by atoms with Crippen molar-refractivity contribution in [2.75, 3.05) is 0 Å². The van der Waals surface area contributed by atoms with Gasteiger partial charge in [0.2, 0.25) is 0 Å². The van der Waals surface area contributed by atoms with Crippen molar-refractivity contribution in [3.05, 3.63) is 23.3 Å². The Labute approximate surface area is 97.0 Å². The van der Waals surface area contributed by atoms with Gasteiger partial charge in [-0.05, 0) is 30.0 Å². The Morgan fingerprint density at radius 3 is 2.71 bits per heavy atom. The molecule has 3 nitrogen and oxygen atoms in total. The number of fused-ring (bicyclic) bond motifs is 1. The molecule has 0 aliphatic rings. The van der Waals surface area contributed by atoms with E-state index in [1.165, 1.54) is 11.1 Å². The van der Waals surface area contributed by atoms with Gasteiger partial charge in [0.25, 0.3) is 0 Å². The molecule has 1 heterocycles. The van der Waals surface area contributed by atoms with Crippen LogP contribution >= 0.6 is 22.9 Å². The largest absolute Gasteiger partial charge is 0.184 e. The zero-order chi connectivity index (χ0) is 10.3. The first-order valence-corrected chi connectivity index (χ1v) is 5.59. The van der Waals surface area contributed by atoms with Crippen LogP contribution in [0.15, 0.2) is 12.1 Å². The molecule has 0 N–H and O–H groups in total. The normalized spacial score (nSPS) is 11.5. The number of benzene rings is 1. The Hall–Kier alpha value is -0.650. The van der Waals surface area contributed by atoms with Gasteiger partial charge in [0.15, 0.2) is 0 Å². The standard InChI is InChI=1S/C10H12IN3/c1-6(2)8-4-5-9-10(7(8)3)12-13-14(9)11/h4-6H,1-3H3. The van der Waals surface area contributed by atoms with Crippen molar-refractivity contribution in [3.63, 3.8) is 0 Å². The van der Waals surface area contributed by atoms with E-state index in [9.17, 15) is 0 Å². The monoisotopic (exact) mass is 301 g/mol. The first kappa shape index (κ1) is 9.89. The zero-order valence-electron chi connectivity index (χ0n) is 8.45. The van der Waals surface area contributed by atoms with Crippen LogP contribution < -0.4 is 0 Å². The van der Waals surface area contributed by atoms with Crippen LogP contribution in [0.1, 0.15) is 30.9 Å². The lowest BCUT2D eigenvalue weighted by molar-refractivity contribution is 0.858. The summed E-state index contributed by atoms with van der Waals surface area (Å²) in [4.78, 5) is 0. The predicted octanol–water partition coefficient (Wildman–Crippen LogP) is 3.06. The van der Waals surface area contributed by atoms with E-state index in [2.05, 4.69) is 66.1 Å². The Bertz CT molecular complexity index is 473. The van der Waals surface area contributed by atoms with Crippen molar-refractivity contribution in [3.8, 4) is 0 Å². The maximum atomic E-state index is 4.17. The molecule has 0 fully saturated rings. The Morgan fingerprint density at radius 2 is 2.07 bits per heavy atom. The second kappa shape index (κ2) is 3.49. The van der Waals surface area contributed by atoms with Crippen LogP contribution in [0.4, 0.5) is 0 Å². The second-order valence-corrected chi connectivity index (χ2v) is 4.67. The third-order valence-corrected chi connectivity index (χ3v) is 3.21. The van der Waals surface area contributed by atoms with Crippen LogP contribution in [0.2, 0.25) is 0 Å². The smallest absolute Gasteiger partial charge is 0.117 e. The lowest BCUT2D eigenvalue weighted by Crippen LogP contribution is -1.92. The number of hydrogen-bond donors (Lipinski definition) is 0.